The van der Waals surface area contributed by atoms with Gasteiger partial charge in [-0.05, 0) is 249 Å². The lowest BCUT2D eigenvalue weighted by Crippen LogP contribution is -2.18. The molecule has 0 radical (unpaired) electrons. The van der Waals surface area contributed by atoms with Crippen molar-refractivity contribution in [3.63, 3.8) is 0 Å². The zero-order chi connectivity index (χ0) is 68.1. The van der Waals surface area contributed by atoms with Gasteiger partial charge in [0.05, 0.1) is 0 Å². The van der Waals surface area contributed by atoms with Crippen LogP contribution in [0.3, 0.4) is 0 Å². The molecule has 2 nitrogen and oxygen atoms in total. The number of hydrogen-bond acceptors (Lipinski definition) is 2. The second-order valence-corrected chi connectivity index (χ2v) is 30.6. The van der Waals surface area contributed by atoms with Gasteiger partial charge in [-0.1, -0.05) is 279 Å². The first-order valence-electron chi connectivity index (χ1n) is 35.6. The van der Waals surface area contributed by atoms with Gasteiger partial charge in [-0.15, -0.1) is 0 Å². The van der Waals surface area contributed by atoms with Crippen LogP contribution in [-0.2, 0) is 21.7 Å². The molecule has 0 amide bonds. The van der Waals surface area contributed by atoms with Crippen LogP contribution in [-0.4, -0.2) is 0 Å². The van der Waals surface area contributed by atoms with Crippen molar-refractivity contribution in [1.29, 1.82) is 0 Å². The number of benzene rings is 14. The molecule has 0 N–H and O–H groups in total. The number of rotatable bonds is 11. The largest absolute Gasteiger partial charge is 0.310 e. The fraction of sp³-hybridized carbons (Fsp3) is 0.143. The summed E-state index contributed by atoms with van der Waals surface area (Å²) in [5, 5.41) is 0. The molecule has 4 aliphatic rings. The van der Waals surface area contributed by atoms with Crippen LogP contribution in [0, 0.1) is 13.8 Å². The Balaban J connectivity index is 0.689. The van der Waals surface area contributed by atoms with E-state index < -0.39 is 0 Å². The number of hydrogen-bond donors (Lipinski definition) is 0. The van der Waals surface area contributed by atoms with Gasteiger partial charge in [-0.25, -0.2) is 0 Å². The van der Waals surface area contributed by atoms with E-state index in [2.05, 4.69) is 382 Å². The summed E-state index contributed by atoms with van der Waals surface area (Å²) in [6.45, 7) is 23.8. The molecule has 0 heterocycles. The lowest BCUT2D eigenvalue weighted by atomic mass is 9.78. The predicted octanol–water partition coefficient (Wildman–Crippen LogP) is 26.8. The van der Waals surface area contributed by atoms with Gasteiger partial charge in [0, 0.05) is 55.8 Å². The van der Waals surface area contributed by atoms with Crippen LogP contribution in [0.2, 0.25) is 0 Å². The molecule has 0 saturated carbocycles. The third kappa shape index (κ3) is 9.51. The second-order valence-electron chi connectivity index (χ2n) is 30.6. The van der Waals surface area contributed by atoms with E-state index in [0.29, 0.717) is 0 Å². The Morgan fingerprint density at radius 1 is 0.190 bits per heavy atom. The summed E-state index contributed by atoms with van der Waals surface area (Å²) in [6.07, 6.45) is 0. The summed E-state index contributed by atoms with van der Waals surface area (Å²) < 4.78 is 0. The highest BCUT2D eigenvalue weighted by Gasteiger charge is 2.42. The van der Waals surface area contributed by atoms with Crippen molar-refractivity contribution in [2.45, 2.75) is 90.9 Å². The van der Waals surface area contributed by atoms with E-state index in [9.17, 15) is 0 Å². The highest BCUT2D eigenvalue weighted by molar-refractivity contribution is 5.95. The van der Waals surface area contributed by atoms with Crippen LogP contribution < -0.4 is 9.80 Å². The quantitative estimate of drug-likeness (QED) is 0.127. The highest BCUT2D eigenvalue weighted by Crippen LogP contribution is 2.58. The molecule has 0 aromatic heterocycles. The van der Waals surface area contributed by atoms with E-state index in [0.717, 1.165) is 34.1 Å². The molecular formula is C98H80N2. The summed E-state index contributed by atoms with van der Waals surface area (Å²) in [7, 11) is 0. The van der Waals surface area contributed by atoms with Crippen molar-refractivity contribution in [2.24, 2.45) is 0 Å². The molecule has 2 heteroatoms. The van der Waals surface area contributed by atoms with Crippen LogP contribution in [0.25, 0.3) is 100 Å². The Labute approximate surface area is 590 Å². The van der Waals surface area contributed by atoms with E-state index >= 15 is 0 Å². The molecule has 4 aliphatic carbocycles. The van der Waals surface area contributed by atoms with Crippen molar-refractivity contribution in [2.75, 3.05) is 9.80 Å². The van der Waals surface area contributed by atoms with E-state index in [1.807, 2.05) is 0 Å². The van der Waals surface area contributed by atoms with Crippen LogP contribution in [0.1, 0.15) is 111 Å². The number of fused-ring (bicyclic) bond motifs is 12. The van der Waals surface area contributed by atoms with Crippen molar-refractivity contribution in [1.82, 2.24) is 0 Å². The van der Waals surface area contributed by atoms with Gasteiger partial charge in [-0.2, -0.15) is 0 Å². The average molecular weight is 1290 g/mol. The monoisotopic (exact) mass is 1280 g/mol. The first-order valence-corrected chi connectivity index (χ1v) is 35.6. The number of aryl methyl sites for hydroxylation is 2. The van der Waals surface area contributed by atoms with E-state index in [-0.39, 0.29) is 21.7 Å². The normalized spacial score (nSPS) is 14.6. The number of nitrogens with zero attached hydrogens (tertiary/aromatic N) is 2. The van der Waals surface area contributed by atoms with E-state index in [4.69, 9.17) is 0 Å². The second kappa shape index (κ2) is 22.6. The lowest BCUT2D eigenvalue weighted by Gasteiger charge is -2.31. The summed E-state index contributed by atoms with van der Waals surface area (Å²) >= 11 is 0. The Morgan fingerprint density at radius 2 is 0.470 bits per heavy atom. The Bertz CT molecular complexity index is 5650. The minimum atomic E-state index is -0.328. The molecule has 18 rings (SSSR count). The standard InChI is InChI=1S/C98H80N2/c1-61-28-40-71(41-29-61)99(73-43-51-82-79-47-38-69(55-88(79)96(5,6)91(82)57-73)67-34-30-65(31-35-67)63-20-13-11-14-21-63)74-46-53-84-86-26-19-25-85(94(86)98(9,10)93(84)60-74)77-49-42-72(54-62(77)2)100(75-44-50-81-78-24-17-18-27-87(78)95(3,4)90(81)58-75)76-45-52-83-80-48-39-70(56-89(80)97(7,8)92(83)59-76)68-36-32-66(33-37-68)64-22-15-12-16-23-64/h11-60H,1-10H3. The maximum absolute atomic E-state index is 2.52. The molecule has 0 aliphatic heterocycles. The van der Waals surface area contributed by atoms with Gasteiger partial charge in [0.1, 0.15) is 0 Å². The third-order valence-electron chi connectivity index (χ3n) is 23.3. The van der Waals surface area contributed by atoms with Crippen LogP contribution in [0.15, 0.2) is 303 Å². The molecule has 0 spiro atoms. The Hall–Kier alpha value is -11.3. The molecule has 100 heavy (non-hydrogen) atoms. The van der Waals surface area contributed by atoms with Crippen LogP contribution >= 0.6 is 0 Å². The molecule has 0 unspecified atom stereocenters. The lowest BCUT2D eigenvalue weighted by molar-refractivity contribution is 0.660. The fourth-order valence-corrected chi connectivity index (χ4v) is 17.8. The SMILES string of the molecule is Cc1ccc(N(c2ccc3c(c2)C(C)(C)c2cc(-c4ccc(-c5ccccc5)cc4)ccc2-3)c2ccc3c(c2)C(C)(C)c2c(-c4ccc(N(c5ccc6c(c5)C(C)(C)c5ccccc5-6)c5ccc6c(c5)C(C)(C)c5cc(-c7ccc(-c8ccccc8)cc7)ccc5-6)cc4C)cccc2-3)cc1. The maximum atomic E-state index is 2.52. The molecule has 14 aromatic rings. The zero-order valence-corrected chi connectivity index (χ0v) is 58.8. The van der Waals surface area contributed by atoms with Crippen molar-refractivity contribution >= 4 is 34.1 Å². The van der Waals surface area contributed by atoms with Crippen LogP contribution in [0.5, 0.6) is 0 Å². The minimum absolute atomic E-state index is 0.164. The summed E-state index contributed by atoms with van der Waals surface area (Å²) in [5.41, 5.74) is 42.1. The summed E-state index contributed by atoms with van der Waals surface area (Å²) in [5.74, 6) is 0. The molecule has 0 fully saturated rings. The third-order valence-corrected chi connectivity index (χ3v) is 23.3. The topological polar surface area (TPSA) is 6.48 Å². The molecule has 0 atom stereocenters. The zero-order valence-electron chi connectivity index (χ0n) is 58.8. The smallest absolute Gasteiger partial charge is 0.0465 e. The molecule has 482 valence electrons. The Kier molecular flexibility index (Phi) is 13.8. The van der Waals surface area contributed by atoms with Gasteiger partial charge in [0.2, 0.25) is 0 Å². The van der Waals surface area contributed by atoms with Gasteiger partial charge >= 0.3 is 0 Å². The molecule has 0 saturated heterocycles. The summed E-state index contributed by atoms with van der Waals surface area (Å²) in [4.78, 5) is 5.01. The Morgan fingerprint density at radius 3 is 0.910 bits per heavy atom. The summed E-state index contributed by atoms with van der Waals surface area (Å²) in [6, 6.07) is 115. The highest BCUT2D eigenvalue weighted by atomic mass is 15.1. The van der Waals surface area contributed by atoms with Gasteiger partial charge in [0.15, 0.2) is 0 Å². The first kappa shape index (κ1) is 61.0. The van der Waals surface area contributed by atoms with Gasteiger partial charge in [0.25, 0.3) is 0 Å². The molecule has 0 bridgehead atoms. The van der Waals surface area contributed by atoms with Crippen molar-refractivity contribution in [3.05, 3.63) is 359 Å². The van der Waals surface area contributed by atoms with E-state index in [1.54, 1.807) is 0 Å². The van der Waals surface area contributed by atoms with Crippen molar-refractivity contribution in [3.8, 4) is 100 Å². The predicted molar refractivity (Wildman–Crippen MR) is 423 cm³/mol. The number of anilines is 6. The van der Waals surface area contributed by atoms with Gasteiger partial charge in [-0.3, -0.25) is 0 Å². The molecule has 14 aromatic carbocycles. The van der Waals surface area contributed by atoms with Crippen LogP contribution in [0.4, 0.5) is 34.1 Å². The maximum Gasteiger partial charge on any atom is 0.0465 e. The minimum Gasteiger partial charge on any atom is -0.310 e. The first-order chi connectivity index (χ1) is 48.4. The fourth-order valence-electron chi connectivity index (χ4n) is 17.8. The molecular weight excluding hydrogens is 1210 g/mol. The van der Waals surface area contributed by atoms with Gasteiger partial charge < -0.3 is 9.80 Å². The average Bonchev–Trinajstić information content (AvgIpc) is 1.57. The van der Waals surface area contributed by atoms with Crippen molar-refractivity contribution < 1.29 is 0 Å². The van der Waals surface area contributed by atoms with E-state index in [1.165, 1.54) is 156 Å².